The molecule has 0 aliphatic rings. The first-order valence-corrected chi connectivity index (χ1v) is 4.54. The van der Waals surface area contributed by atoms with Gasteiger partial charge in [0, 0.05) is 20.2 Å². The Morgan fingerprint density at radius 1 is 1.50 bits per heavy atom. The smallest absolute Gasteiger partial charge is 0.144 e. The zero-order valence-corrected chi connectivity index (χ0v) is 8.53. The largest absolute Gasteiger partial charge is 0.380 e. The summed E-state index contributed by atoms with van der Waals surface area (Å²) in [5, 5.41) is 3.11. The molecule has 0 aromatic carbocycles. The minimum Gasteiger partial charge on any atom is -0.380 e. The third-order valence-electron chi connectivity index (χ3n) is 1.89. The van der Waals surface area contributed by atoms with Gasteiger partial charge in [0.2, 0.25) is 0 Å². The third-order valence-corrected chi connectivity index (χ3v) is 1.89. The molecule has 0 aliphatic heterocycles. The van der Waals surface area contributed by atoms with Gasteiger partial charge in [-0.15, -0.1) is 0 Å². The molecule has 5 heteroatoms. The summed E-state index contributed by atoms with van der Waals surface area (Å²) in [6.07, 6.45) is 3.50. The Morgan fingerprint density at radius 3 is 2.79 bits per heavy atom. The van der Waals surface area contributed by atoms with Crippen molar-refractivity contribution in [2.75, 3.05) is 19.0 Å². The van der Waals surface area contributed by atoms with E-state index in [0.29, 0.717) is 13.1 Å². The van der Waals surface area contributed by atoms with E-state index in [1.54, 1.807) is 19.5 Å². The van der Waals surface area contributed by atoms with Crippen LogP contribution in [0.25, 0.3) is 0 Å². The number of methoxy groups -OCH3 is 1. The Hall–Kier alpha value is -1.20. The molecule has 1 aromatic rings. The first kappa shape index (κ1) is 10.9. The molecule has 0 spiro atoms. The first-order valence-electron chi connectivity index (χ1n) is 4.54. The lowest BCUT2D eigenvalue weighted by Crippen LogP contribution is -2.18. The van der Waals surface area contributed by atoms with E-state index in [4.69, 9.17) is 10.5 Å². The van der Waals surface area contributed by atoms with Crippen LogP contribution in [0.5, 0.6) is 0 Å². The van der Waals surface area contributed by atoms with Crippen molar-refractivity contribution >= 4 is 5.82 Å². The molecule has 78 valence electrons. The maximum atomic E-state index is 5.40. The summed E-state index contributed by atoms with van der Waals surface area (Å²) in [6, 6.07) is 0. The van der Waals surface area contributed by atoms with Crippen LogP contribution in [0.4, 0.5) is 5.82 Å². The number of nitrogens with one attached hydrogen (secondary N) is 1. The maximum Gasteiger partial charge on any atom is 0.144 e. The predicted octanol–water partition coefficient (Wildman–Crippen LogP) is 0.382. The number of nitrogens with zero attached hydrogens (tertiary/aromatic N) is 2. The fraction of sp³-hybridized carbons (Fsp3) is 0.556. The van der Waals surface area contributed by atoms with Crippen molar-refractivity contribution in [2.45, 2.75) is 19.6 Å². The van der Waals surface area contributed by atoms with Crippen LogP contribution in [0.1, 0.15) is 12.6 Å². The highest BCUT2D eigenvalue weighted by atomic mass is 16.5. The third kappa shape index (κ3) is 3.27. The van der Waals surface area contributed by atoms with E-state index in [0.717, 1.165) is 11.5 Å². The van der Waals surface area contributed by atoms with Gasteiger partial charge in [-0.1, -0.05) is 0 Å². The lowest BCUT2D eigenvalue weighted by Gasteiger charge is -2.10. The average Bonchev–Trinajstić information content (AvgIpc) is 2.26. The predicted molar refractivity (Wildman–Crippen MR) is 54.9 cm³/mol. The second-order valence-corrected chi connectivity index (χ2v) is 3.02. The second kappa shape index (κ2) is 5.51. The fourth-order valence-electron chi connectivity index (χ4n) is 0.883. The van der Waals surface area contributed by atoms with Crippen molar-refractivity contribution in [3.8, 4) is 0 Å². The van der Waals surface area contributed by atoms with Gasteiger partial charge < -0.3 is 15.8 Å². The molecular formula is C9H16N4O. The topological polar surface area (TPSA) is 73.1 Å². The molecule has 0 amide bonds. The highest BCUT2D eigenvalue weighted by Crippen LogP contribution is 2.01. The van der Waals surface area contributed by atoms with E-state index in [-0.39, 0.29) is 6.10 Å². The van der Waals surface area contributed by atoms with Crippen LogP contribution in [0.2, 0.25) is 0 Å². The van der Waals surface area contributed by atoms with Crippen LogP contribution in [0, 0.1) is 0 Å². The zero-order chi connectivity index (χ0) is 10.4. The molecule has 1 rings (SSSR count). The van der Waals surface area contributed by atoms with Crippen LogP contribution in [0.3, 0.4) is 0 Å². The average molecular weight is 196 g/mol. The van der Waals surface area contributed by atoms with E-state index in [1.807, 2.05) is 6.92 Å². The SMILES string of the molecule is COC(C)CNc1cnc(CN)cn1. The zero-order valence-electron chi connectivity index (χ0n) is 8.53. The van der Waals surface area contributed by atoms with Gasteiger partial charge in [0.1, 0.15) is 5.82 Å². The molecule has 0 saturated carbocycles. The Bertz CT molecular complexity index is 262. The maximum absolute atomic E-state index is 5.40. The molecule has 0 aliphatic carbocycles. The highest BCUT2D eigenvalue weighted by Gasteiger charge is 2.00. The van der Waals surface area contributed by atoms with Gasteiger partial charge in [0.25, 0.3) is 0 Å². The number of rotatable bonds is 5. The van der Waals surface area contributed by atoms with E-state index in [2.05, 4.69) is 15.3 Å². The van der Waals surface area contributed by atoms with Crippen molar-refractivity contribution in [3.05, 3.63) is 18.1 Å². The van der Waals surface area contributed by atoms with Crippen molar-refractivity contribution in [1.29, 1.82) is 0 Å². The fourth-order valence-corrected chi connectivity index (χ4v) is 0.883. The summed E-state index contributed by atoms with van der Waals surface area (Å²) in [7, 11) is 1.68. The lowest BCUT2D eigenvalue weighted by molar-refractivity contribution is 0.128. The van der Waals surface area contributed by atoms with Gasteiger partial charge in [-0.25, -0.2) is 4.98 Å². The lowest BCUT2D eigenvalue weighted by atomic mass is 10.4. The van der Waals surface area contributed by atoms with Crippen LogP contribution < -0.4 is 11.1 Å². The molecule has 0 fully saturated rings. The minimum absolute atomic E-state index is 0.158. The standard InChI is InChI=1S/C9H16N4O/c1-7(14-2)4-12-9-6-11-8(3-10)5-13-9/h5-7H,3-4,10H2,1-2H3,(H,12,13). The van der Waals surface area contributed by atoms with E-state index in [1.165, 1.54) is 0 Å². The van der Waals surface area contributed by atoms with E-state index >= 15 is 0 Å². The van der Waals surface area contributed by atoms with Gasteiger partial charge in [-0.2, -0.15) is 0 Å². The van der Waals surface area contributed by atoms with Crippen molar-refractivity contribution in [1.82, 2.24) is 9.97 Å². The summed E-state index contributed by atoms with van der Waals surface area (Å²) in [5.41, 5.74) is 6.19. The minimum atomic E-state index is 0.158. The normalized spacial score (nSPS) is 12.5. The molecule has 0 bridgehead atoms. The molecule has 3 N–H and O–H groups in total. The number of anilines is 1. The monoisotopic (exact) mass is 196 g/mol. The highest BCUT2D eigenvalue weighted by molar-refractivity contribution is 5.30. The van der Waals surface area contributed by atoms with E-state index < -0.39 is 0 Å². The van der Waals surface area contributed by atoms with Crippen LogP contribution in [0.15, 0.2) is 12.4 Å². The Balaban J connectivity index is 2.43. The van der Waals surface area contributed by atoms with Crippen molar-refractivity contribution < 1.29 is 4.74 Å². The van der Waals surface area contributed by atoms with Crippen LogP contribution in [-0.4, -0.2) is 29.7 Å². The summed E-state index contributed by atoms with van der Waals surface area (Å²) in [6.45, 7) is 3.11. The summed E-state index contributed by atoms with van der Waals surface area (Å²) >= 11 is 0. The number of nitrogens with two attached hydrogens (primary N) is 1. The molecule has 1 aromatic heterocycles. The molecule has 0 saturated heterocycles. The summed E-state index contributed by atoms with van der Waals surface area (Å²) in [4.78, 5) is 8.26. The van der Waals surface area contributed by atoms with Crippen molar-refractivity contribution in [2.24, 2.45) is 5.73 Å². The number of aromatic nitrogens is 2. The Morgan fingerprint density at radius 2 is 2.29 bits per heavy atom. The Labute approximate surface area is 83.7 Å². The number of hydrogen-bond acceptors (Lipinski definition) is 5. The number of ether oxygens (including phenoxy) is 1. The molecule has 1 unspecified atom stereocenters. The van der Waals surface area contributed by atoms with Gasteiger partial charge in [0.15, 0.2) is 0 Å². The first-order chi connectivity index (χ1) is 6.76. The van der Waals surface area contributed by atoms with Crippen LogP contribution >= 0.6 is 0 Å². The van der Waals surface area contributed by atoms with Crippen molar-refractivity contribution in [3.63, 3.8) is 0 Å². The van der Waals surface area contributed by atoms with Gasteiger partial charge >= 0.3 is 0 Å². The van der Waals surface area contributed by atoms with Gasteiger partial charge in [-0.3, -0.25) is 4.98 Å². The van der Waals surface area contributed by atoms with Crippen LogP contribution in [-0.2, 0) is 11.3 Å². The van der Waals surface area contributed by atoms with E-state index in [9.17, 15) is 0 Å². The summed E-state index contributed by atoms with van der Waals surface area (Å²) in [5.74, 6) is 0.742. The molecule has 1 atom stereocenters. The molecular weight excluding hydrogens is 180 g/mol. The van der Waals surface area contributed by atoms with Gasteiger partial charge in [-0.05, 0) is 6.92 Å². The summed E-state index contributed by atoms with van der Waals surface area (Å²) < 4.78 is 5.09. The Kier molecular flexibility index (Phi) is 4.28. The number of hydrogen-bond donors (Lipinski definition) is 2. The second-order valence-electron chi connectivity index (χ2n) is 3.02. The van der Waals surface area contributed by atoms with Gasteiger partial charge in [0.05, 0.1) is 24.2 Å². The molecule has 5 nitrogen and oxygen atoms in total. The molecule has 0 radical (unpaired) electrons. The molecule has 14 heavy (non-hydrogen) atoms. The quantitative estimate of drug-likeness (QED) is 0.712. The molecule has 1 heterocycles.